The first-order valence-electron chi connectivity index (χ1n) is 11.8. The maximum Gasteiger partial charge on any atom is 0.255 e. The molecular formula is C28H25N5O4S. The smallest absolute Gasteiger partial charge is 0.255 e. The number of pyridine rings is 2. The summed E-state index contributed by atoms with van der Waals surface area (Å²) >= 11 is 1.57. The van der Waals surface area contributed by atoms with Gasteiger partial charge in [0.05, 0.1) is 30.3 Å². The molecule has 0 aliphatic carbocycles. The number of carbonyl (C=O) groups excluding carboxylic acids is 1. The average Bonchev–Trinajstić information content (AvgIpc) is 3.47. The van der Waals surface area contributed by atoms with Gasteiger partial charge in [-0.2, -0.15) is 0 Å². The highest BCUT2D eigenvalue weighted by Gasteiger charge is 2.14. The topological polar surface area (TPSA) is 107 Å². The predicted octanol–water partition coefficient (Wildman–Crippen LogP) is 5.61. The summed E-state index contributed by atoms with van der Waals surface area (Å²) in [6.45, 7) is 0.495. The van der Waals surface area contributed by atoms with Gasteiger partial charge < -0.3 is 24.8 Å². The van der Waals surface area contributed by atoms with Crippen LogP contribution in [0.4, 0.5) is 11.5 Å². The molecule has 0 fully saturated rings. The molecular weight excluding hydrogens is 502 g/mol. The molecule has 192 valence electrons. The second-order valence-electron chi connectivity index (χ2n) is 8.12. The van der Waals surface area contributed by atoms with E-state index in [0.29, 0.717) is 47.3 Å². The number of methoxy groups -OCH3 is 2. The van der Waals surface area contributed by atoms with Crippen molar-refractivity contribution in [2.24, 2.45) is 0 Å². The lowest BCUT2D eigenvalue weighted by Crippen LogP contribution is -2.26. The zero-order chi connectivity index (χ0) is 26.3. The first-order chi connectivity index (χ1) is 18.6. The molecule has 0 atom stereocenters. The van der Waals surface area contributed by atoms with E-state index >= 15 is 0 Å². The molecule has 0 bridgehead atoms. The van der Waals surface area contributed by atoms with Gasteiger partial charge >= 0.3 is 0 Å². The van der Waals surface area contributed by atoms with Gasteiger partial charge in [0.2, 0.25) is 0 Å². The quantitative estimate of drug-likeness (QED) is 0.241. The summed E-state index contributed by atoms with van der Waals surface area (Å²) in [6.07, 6.45) is 5.77. The highest BCUT2D eigenvalue weighted by molar-refractivity contribution is 7.09. The molecule has 0 aliphatic rings. The normalized spacial score (nSPS) is 10.7. The Labute approximate surface area is 223 Å². The van der Waals surface area contributed by atoms with E-state index in [1.807, 2.05) is 41.8 Å². The van der Waals surface area contributed by atoms with Gasteiger partial charge in [-0.1, -0.05) is 0 Å². The van der Waals surface area contributed by atoms with Crippen LogP contribution in [0.1, 0.15) is 15.4 Å². The number of amides is 1. The number of ether oxygens (including phenoxy) is 3. The molecule has 1 amide bonds. The van der Waals surface area contributed by atoms with Crippen molar-refractivity contribution in [2.45, 2.75) is 6.42 Å². The van der Waals surface area contributed by atoms with E-state index < -0.39 is 0 Å². The van der Waals surface area contributed by atoms with E-state index in [1.54, 1.807) is 62.3 Å². The minimum absolute atomic E-state index is 0.200. The number of carbonyl (C=O) groups is 1. The van der Waals surface area contributed by atoms with Gasteiger partial charge in [-0.3, -0.25) is 9.78 Å². The number of nitrogens with zero attached hydrogens (tertiary/aromatic N) is 3. The van der Waals surface area contributed by atoms with Crippen LogP contribution in [-0.2, 0) is 6.42 Å². The molecule has 3 aromatic heterocycles. The van der Waals surface area contributed by atoms with Crippen molar-refractivity contribution in [1.82, 2.24) is 20.3 Å². The van der Waals surface area contributed by atoms with Gasteiger partial charge in [-0.15, -0.1) is 11.3 Å². The number of hydrogen-bond acceptors (Lipinski definition) is 9. The fourth-order valence-corrected chi connectivity index (χ4v) is 4.47. The number of anilines is 2. The molecule has 0 radical (unpaired) electrons. The molecule has 0 unspecified atom stereocenters. The maximum atomic E-state index is 12.8. The van der Waals surface area contributed by atoms with Crippen LogP contribution < -0.4 is 24.8 Å². The number of aromatic nitrogens is 3. The second-order valence-corrected chi connectivity index (χ2v) is 9.10. The van der Waals surface area contributed by atoms with Gasteiger partial charge in [0, 0.05) is 54.1 Å². The third-order valence-corrected chi connectivity index (χ3v) is 6.55. The van der Waals surface area contributed by atoms with Crippen molar-refractivity contribution in [1.29, 1.82) is 0 Å². The SMILES string of the molecule is COc1cc2nccc(Oc3ccc(Nc4ncccc4C(=O)NCCc4nccs4)cc3)c2cc1OC. The van der Waals surface area contributed by atoms with Gasteiger partial charge in [0.15, 0.2) is 11.5 Å². The number of rotatable bonds is 10. The Morgan fingerprint density at radius 2 is 1.71 bits per heavy atom. The molecule has 38 heavy (non-hydrogen) atoms. The van der Waals surface area contributed by atoms with Crippen LogP contribution in [0.3, 0.4) is 0 Å². The Balaban J connectivity index is 1.28. The molecule has 0 spiro atoms. The van der Waals surface area contributed by atoms with E-state index in [9.17, 15) is 4.79 Å². The molecule has 2 aromatic carbocycles. The lowest BCUT2D eigenvalue weighted by atomic mass is 10.2. The van der Waals surface area contributed by atoms with Gasteiger partial charge in [0.25, 0.3) is 5.91 Å². The Morgan fingerprint density at radius 3 is 2.47 bits per heavy atom. The number of hydrogen-bond donors (Lipinski definition) is 2. The van der Waals surface area contributed by atoms with E-state index in [2.05, 4.69) is 25.6 Å². The maximum absolute atomic E-state index is 12.8. The average molecular weight is 528 g/mol. The third-order valence-electron chi connectivity index (χ3n) is 5.71. The van der Waals surface area contributed by atoms with Crippen molar-refractivity contribution in [3.05, 3.63) is 89.1 Å². The highest BCUT2D eigenvalue weighted by atomic mass is 32.1. The fraction of sp³-hybridized carbons (Fsp3) is 0.143. The molecule has 5 rings (SSSR count). The molecule has 0 saturated carbocycles. The van der Waals surface area contributed by atoms with Crippen LogP contribution in [0.2, 0.25) is 0 Å². The summed E-state index contributed by atoms with van der Waals surface area (Å²) in [5, 5.41) is 9.86. The van der Waals surface area contributed by atoms with Crippen LogP contribution in [-0.4, -0.2) is 41.6 Å². The Hall–Kier alpha value is -4.70. The van der Waals surface area contributed by atoms with Crippen LogP contribution in [0.15, 0.2) is 78.6 Å². The molecule has 5 aromatic rings. The zero-order valence-electron chi connectivity index (χ0n) is 20.8. The lowest BCUT2D eigenvalue weighted by molar-refractivity contribution is 0.0954. The van der Waals surface area contributed by atoms with E-state index in [0.717, 1.165) is 21.6 Å². The summed E-state index contributed by atoms with van der Waals surface area (Å²) in [7, 11) is 3.18. The summed E-state index contributed by atoms with van der Waals surface area (Å²) in [5.41, 5.74) is 1.95. The molecule has 3 heterocycles. The van der Waals surface area contributed by atoms with Gasteiger partial charge in [-0.25, -0.2) is 9.97 Å². The summed E-state index contributed by atoms with van der Waals surface area (Å²) < 4.78 is 17.0. The largest absolute Gasteiger partial charge is 0.493 e. The molecule has 0 aliphatic heterocycles. The minimum atomic E-state index is -0.200. The number of fused-ring (bicyclic) bond motifs is 1. The second kappa shape index (κ2) is 11.6. The highest BCUT2D eigenvalue weighted by Crippen LogP contribution is 2.37. The van der Waals surface area contributed by atoms with Crippen LogP contribution in [0.25, 0.3) is 10.9 Å². The number of thiazole rings is 1. The van der Waals surface area contributed by atoms with Crippen molar-refractivity contribution < 1.29 is 19.0 Å². The van der Waals surface area contributed by atoms with Crippen molar-refractivity contribution in [3.63, 3.8) is 0 Å². The molecule has 0 saturated heterocycles. The lowest BCUT2D eigenvalue weighted by Gasteiger charge is -2.13. The first kappa shape index (κ1) is 25.0. The Kier molecular flexibility index (Phi) is 7.60. The van der Waals surface area contributed by atoms with Crippen molar-refractivity contribution in [3.8, 4) is 23.0 Å². The molecule has 9 nitrogen and oxygen atoms in total. The zero-order valence-corrected chi connectivity index (χ0v) is 21.6. The van der Waals surface area contributed by atoms with Crippen LogP contribution in [0, 0.1) is 0 Å². The van der Waals surface area contributed by atoms with Crippen molar-refractivity contribution >= 4 is 39.7 Å². The van der Waals surface area contributed by atoms with Gasteiger partial charge in [-0.05, 0) is 48.5 Å². The van der Waals surface area contributed by atoms with E-state index in [-0.39, 0.29) is 5.91 Å². The first-order valence-corrected chi connectivity index (χ1v) is 12.7. The molecule has 10 heteroatoms. The summed E-state index contributed by atoms with van der Waals surface area (Å²) in [5.74, 6) is 2.73. The monoisotopic (exact) mass is 527 g/mol. The fourth-order valence-electron chi connectivity index (χ4n) is 3.85. The summed E-state index contributed by atoms with van der Waals surface area (Å²) in [4.78, 5) is 25.8. The van der Waals surface area contributed by atoms with Crippen LogP contribution in [0.5, 0.6) is 23.0 Å². The Bertz CT molecular complexity index is 1540. The predicted molar refractivity (Wildman–Crippen MR) is 147 cm³/mol. The van der Waals surface area contributed by atoms with Crippen molar-refractivity contribution in [2.75, 3.05) is 26.1 Å². The van der Waals surface area contributed by atoms with Gasteiger partial charge in [0.1, 0.15) is 17.3 Å². The van der Waals surface area contributed by atoms with E-state index in [4.69, 9.17) is 14.2 Å². The number of benzene rings is 2. The number of nitrogens with one attached hydrogen (secondary N) is 2. The molecule has 2 N–H and O–H groups in total. The van der Waals surface area contributed by atoms with E-state index in [1.165, 1.54) is 0 Å². The summed E-state index contributed by atoms with van der Waals surface area (Å²) in [6, 6.07) is 16.3. The standard InChI is InChI=1S/C28H25N5O4S/c1-35-24-16-21-22(17-25(24)36-2)29-12-9-23(21)37-19-7-5-18(6-8-19)33-27-20(4-3-11-31-27)28(34)32-13-10-26-30-14-15-38-26/h3-9,11-12,14-17H,10,13H2,1-2H3,(H,31,33)(H,32,34). The van der Waals surface area contributed by atoms with Crippen LogP contribution >= 0.6 is 11.3 Å². The Morgan fingerprint density at radius 1 is 0.895 bits per heavy atom. The third kappa shape index (κ3) is 5.65. The minimum Gasteiger partial charge on any atom is -0.493 e.